The Morgan fingerprint density at radius 3 is 1.82 bits per heavy atom. The molecule has 0 aliphatic heterocycles. The highest BCUT2D eigenvalue weighted by Gasteiger charge is 2.89. The second kappa shape index (κ2) is 5.47. The minimum atomic E-state index is -5.85. The number of rotatable bonds is 3. The number of phenolic OH excluding ortho intramolecular Hbond substituents is 1. The largest absolute Gasteiger partial charge is 0.505 e. The number of benzene rings is 1. The van der Waals surface area contributed by atoms with Crippen LogP contribution in [0.4, 0.5) is 43.9 Å². The Labute approximate surface area is 152 Å². The lowest BCUT2D eigenvalue weighted by atomic mass is 9.47. The zero-order valence-corrected chi connectivity index (χ0v) is 14.2. The molecule has 0 heterocycles. The molecule has 1 N–H and O–H groups in total. The number of aromatic hydroxyl groups is 1. The third kappa shape index (κ3) is 2.05. The number of hydrogen-bond donors (Lipinski definition) is 1. The van der Waals surface area contributed by atoms with Crippen molar-refractivity contribution in [2.45, 2.75) is 56.3 Å². The molecule has 3 fully saturated rings. The standard InChI is InChI=1S/C17H14F10O/c1-12-4-6-13(7-5-12,17(26,27)15(12,22)23)16(24,25)14(20,21)8-2-3-9(28)11(19)10(8)18/h2-3,28H,4-7H2,1H3. The first-order valence-electron chi connectivity index (χ1n) is 8.19. The van der Waals surface area contributed by atoms with Gasteiger partial charge in [-0.2, -0.15) is 39.5 Å². The summed E-state index contributed by atoms with van der Waals surface area (Å²) in [5, 5.41) is 8.96. The van der Waals surface area contributed by atoms with E-state index in [4.69, 9.17) is 5.11 Å². The zero-order valence-electron chi connectivity index (χ0n) is 14.2. The van der Waals surface area contributed by atoms with Crippen LogP contribution < -0.4 is 0 Å². The molecule has 3 saturated carbocycles. The summed E-state index contributed by atoms with van der Waals surface area (Å²) in [7, 11) is 0. The summed E-state index contributed by atoms with van der Waals surface area (Å²) in [6.07, 6.45) is -4.44. The molecule has 0 amide bonds. The normalized spacial score (nSPS) is 31.8. The van der Waals surface area contributed by atoms with Gasteiger partial charge in [0.05, 0.1) is 5.56 Å². The fourth-order valence-corrected chi connectivity index (χ4v) is 4.30. The van der Waals surface area contributed by atoms with Crippen LogP contribution in [0.25, 0.3) is 0 Å². The first-order chi connectivity index (χ1) is 12.5. The third-order valence-corrected chi connectivity index (χ3v) is 6.36. The van der Waals surface area contributed by atoms with Crippen LogP contribution in [0.1, 0.15) is 38.2 Å². The molecule has 4 rings (SSSR count). The number of hydrogen-bond acceptors (Lipinski definition) is 1. The molecule has 158 valence electrons. The first-order valence-corrected chi connectivity index (χ1v) is 8.19. The van der Waals surface area contributed by atoms with Gasteiger partial charge in [-0.1, -0.05) is 6.92 Å². The Kier molecular flexibility index (Phi) is 4.11. The predicted octanol–water partition coefficient (Wildman–Crippen LogP) is 6.25. The third-order valence-electron chi connectivity index (χ3n) is 6.36. The van der Waals surface area contributed by atoms with Gasteiger partial charge < -0.3 is 5.11 Å². The highest BCUT2D eigenvalue weighted by molar-refractivity contribution is 5.35. The molecule has 0 aromatic heterocycles. The van der Waals surface area contributed by atoms with Crippen molar-refractivity contribution in [3.8, 4) is 5.75 Å². The highest BCUT2D eigenvalue weighted by atomic mass is 19.3. The molecular formula is C17H14F10O. The predicted molar refractivity (Wildman–Crippen MR) is 75.8 cm³/mol. The summed E-state index contributed by atoms with van der Waals surface area (Å²) in [5.74, 6) is -28.5. The molecular weight excluding hydrogens is 410 g/mol. The van der Waals surface area contributed by atoms with Crippen LogP contribution in [-0.4, -0.2) is 22.9 Å². The zero-order chi connectivity index (χ0) is 21.6. The molecule has 1 aromatic rings. The molecule has 0 spiro atoms. The van der Waals surface area contributed by atoms with E-state index in [1.54, 1.807) is 0 Å². The van der Waals surface area contributed by atoms with E-state index >= 15 is 0 Å². The summed E-state index contributed by atoms with van der Waals surface area (Å²) >= 11 is 0. The van der Waals surface area contributed by atoms with Crippen LogP contribution in [0.5, 0.6) is 5.75 Å². The topological polar surface area (TPSA) is 20.2 Å². The van der Waals surface area contributed by atoms with E-state index < -0.39 is 83.2 Å². The Hall–Kier alpha value is -1.68. The average Bonchev–Trinajstić information content (AvgIpc) is 2.58. The maximum atomic E-state index is 14.9. The Morgan fingerprint density at radius 1 is 0.821 bits per heavy atom. The van der Waals surface area contributed by atoms with E-state index in [0.29, 0.717) is 0 Å². The van der Waals surface area contributed by atoms with Crippen LogP contribution in [-0.2, 0) is 5.92 Å². The molecule has 0 radical (unpaired) electrons. The molecule has 28 heavy (non-hydrogen) atoms. The van der Waals surface area contributed by atoms with Gasteiger partial charge in [0, 0.05) is 5.41 Å². The second-order valence-corrected chi connectivity index (χ2v) is 7.70. The number of alkyl halides is 8. The molecule has 1 nitrogen and oxygen atoms in total. The SMILES string of the molecule is CC12CCC(C(F)(F)C(F)(F)c3ccc(O)c(F)c3F)(CC1)C(F)(F)C2(F)F. The summed E-state index contributed by atoms with van der Waals surface area (Å²) in [5.41, 5.74) is -8.81. The van der Waals surface area contributed by atoms with E-state index in [1.807, 2.05) is 0 Å². The molecule has 0 unspecified atom stereocenters. The second-order valence-electron chi connectivity index (χ2n) is 7.70. The van der Waals surface area contributed by atoms with Gasteiger partial charge in [0.15, 0.2) is 11.6 Å². The lowest BCUT2D eigenvalue weighted by Gasteiger charge is -2.62. The van der Waals surface area contributed by atoms with E-state index in [-0.39, 0.29) is 12.1 Å². The Morgan fingerprint density at radius 2 is 1.32 bits per heavy atom. The van der Waals surface area contributed by atoms with Crippen LogP contribution >= 0.6 is 0 Å². The van der Waals surface area contributed by atoms with Gasteiger partial charge in [0.25, 0.3) is 0 Å². The molecule has 2 bridgehead atoms. The van der Waals surface area contributed by atoms with E-state index in [2.05, 4.69) is 0 Å². The summed E-state index contributed by atoms with van der Waals surface area (Å²) in [4.78, 5) is 0. The Balaban J connectivity index is 2.21. The van der Waals surface area contributed by atoms with E-state index in [0.717, 1.165) is 6.92 Å². The van der Waals surface area contributed by atoms with Crippen molar-refractivity contribution in [3.63, 3.8) is 0 Å². The minimum Gasteiger partial charge on any atom is -0.505 e. The quantitative estimate of drug-likeness (QED) is 0.569. The van der Waals surface area contributed by atoms with Gasteiger partial charge >= 0.3 is 23.7 Å². The van der Waals surface area contributed by atoms with Gasteiger partial charge in [-0.3, -0.25) is 0 Å². The number of fused-ring (bicyclic) bond motifs is 3. The van der Waals surface area contributed by atoms with E-state index in [9.17, 15) is 43.9 Å². The van der Waals surface area contributed by atoms with Crippen LogP contribution in [0, 0.1) is 22.5 Å². The van der Waals surface area contributed by atoms with Crippen molar-refractivity contribution >= 4 is 0 Å². The van der Waals surface area contributed by atoms with Crippen molar-refractivity contribution in [2.24, 2.45) is 10.8 Å². The van der Waals surface area contributed by atoms with Crippen LogP contribution in [0.15, 0.2) is 12.1 Å². The number of phenols is 1. The number of halogens is 10. The maximum absolute atomic E-state index is 14.9. The summed E-state index contributed by atoms with van der Waals surface area (Å²) in [6.45, 7) is 0.773. The van der Waals surface area contributed by atoms with Crippen molar-refractivity contribution in [1.29, 1.82) is 0 Å². The molecule has 1 aromatic carbocycles. The van der Waals surface area contributed by atoms with Gasteiger partial charge in [0.1, 0.15) is 5.41 Å². The minimum absolute atomic E-state index is 0.0929. The van der Waals surface area contributed by atoms with Crippen LogP contribution in [0.3, 0.4) is 0 Å². The summed E-state index contributed by atoms with van der Waals surface area (Å²) in [6, 6.07) is 0.0469. The lowest BCUT2D eigenvalue weighted by Crippen LogP contribution is -2.75. The van der Waals surface area contributed by atoms with Gasteiger partial charge in [-0.05, 0) is 37.8 Å². The highest BCUT2D eigenvalue weighted by Crippen LogP contribution is 2.76. The van der Waals surface area contributed by atoms with Crippen LogP contribution in [0.2, 0.25) is 0 Å². The lowest BCUT2D eigenvalue weighted by molar-refractivity contribution is -0.426. The fraction of sp³-hybridized carbons (Fsp3) is 0.647. The first kappa shape index (κ1) is 21.0. The van der Waals surface area contributed by atoms with Gasteiger partial charge in [-0.15, -0.1) is 0 Å². The fourth-order valence-electron chi connectivity index (χ4n) is 4.30. The molecule has 3 aliphatic carbocycles. The summed E-state index contributed by atoms with van der Waals surface area (Å²) < 4.78 is 144. The van der Waals surface area contributed by atoms with E-state index in [1.165, 1.54) is 0 Å². The van der Waals surface area contributed by atoms with Crippen molar-refractivity contribution in [2.75, 3.05) is 0 Å². The molecule has 0 atom stereocenters. The smallest absolute Gasteiger partial charge is 0.339 e. The Bertz CT molecular complexity index is 808. The van der Waals surface area contributed by atoms with Crippen molar-refractivity contribution in [3.05, 3.63) is 29.3 Å². The average molecular weight is 424 g/mol. The maximum Gasteiger partial charge on any atom is 0.339 e. The van der Waals surface area contributed by atoms with Crippen molar-refractivity contribution < 1.29 is 49.0 Å². The van der Waals surface area contributed by atoms with Crippen molar-refractivity contribution in [1.82, 2.24) is 0 Å². The monoisotopic (exact) mass is 424 g/mol. The molecule has 3 aliphatic rings. The molecule has 11 heteroatoms. The van der Waals surface area contributed by atoms with Gasteiger partial charge in [0.2, 0.25) is 5.82 Å². The molecule has 0 saturated heterocycles. The van der Waals surface area contributed by atoms with Gasteiger partial charge in [-0.25, -0.2) is 4.39 Å².